The fraction of sp³-hybridized carbons (Fsp3) is 0.353. The third-order valence-electron chi connectivity index (χ3n) is 4.15. The van der Waals surface area contributed by atoms with Crippen molar-refractivity contribution in [2.45, 2.75) is 31.0 Å². The van der Waals surface area contributed by atoms with Crippen LogP contribution in [0.1, 0.15) is 30.3 Å². The third-order valence-corrected chi connectivity index (χ3v) is 4.97. The topological polar surface area (TPSA) is 72.4 Å². The van der Waals surface area contributed by atoms with Gasteiger partial charge in [0.1, 0.15) is 17.0 Å². The van der Waals surface area contributed by atoms with Crippen LogP contribution in [0.3, 0.4) is 0 Å². The summed E-state index contributed by atoms with van der Waals surface area (Å²) in [5.74, 6) is 1.15. The van der Waals surface area contributed by atoms with Gasteiger partial charge in [0, 0.05) is 12.6 Å². The molecule has 7 heteroatoms. The zero-order valence-electron chi connectivity index (χ0n) is 13.3. The quantitative estimate of drug-likeness (QED) is 0.674. The van der Waals surface area contributed by atoms with Crippen molar-refractivity contribution >= 4 is 28.8 Å². The molecule has 1 saturated heterocycles. The Morgan fingerprint density at radius 3 is 3.08 bits per heavy atom. The van der Waals surface area contributed by atoms with E-state index in [1.54, 1.807) is 0 Å². The second-order valence-corrected chi connectivity index (χ2v) is 6.77. The minimum Gasteiger partial charge on any atom is -0.431 e. The third kappa shape index (κ3) is 2.91. The lowest BCUT2D eigenvalue weighted by molar-refractivity contribution is -0.129. The van der Waals surface area contributed by atoms with Crippen molar-refractivity contribution in [3.05, 3.63) is 41.8 Å². The van der Waals surface area contributed by atoms with Gasteiger partial charge < -0.3 is 13.8 Å². The summed E-state index contributed by atoms with van der Waals surface area (Å²) in [5.41, 5.74) is 2.39. The monoisotopic (exact) mass is 343 g/mol. The number of nitrogens with zero attached hydrogens (tertiary/aromatic N) is 3. The highest BCUT2D eigenvalue weighted by Crippen LogP contribution is 2.32. The van der Waals surface area contributed by atoms with Crippen LogP contribution in [0.4, 0.5) is 0 Å². The van der Waals surface area contributed by atoms with Gasteiger partial charge >= 0.3 is 0 Å². The van der Waals surface area contributed by atoms with Gasteiger partial charge in [0.15, 0.2) is 5.58 Å². The van der Waals surface area contributed by atoms with Gasteiger partial charge in [-0.3, -0.25) is 4.79 Å². The number of benzene rings is 1. The average molecular weight is 343 g/mol. The van der Waals surface area contributed by atoms with E-state index >= 15 is 0 Å². The summed E-state index contributed by atoms with van der Waals surface area (Å²) in [6.45, 7) is 2.62. The van der Waals surface area contributed by atoms with Crippen molar-refractivity contribution in [2.75, 3.05) is 12.3 Å². The summed E-state index contributed by atoms with van der Waals surface area (Å²) in [6, 6.07) is 9.51. The fourth-order valence-corrected chi connectivity index (χ4v) is 3.76. The summed E-state index contributed by atoms with van der Waals surface area (Å²) in [7, 11) is 0. The molecule has 0 radical (unpaired) electrons. The molecule has 3 heterocycles. The van der Waals surface area contributed by atoms with E-state index < -0.39 is 0 Å². The molecule has 0 bridgehead atoms. The Labute approximate surface area is 143 Å². The molecule has 0 spiro atoms. The molecule has 1 atom stereocenters. The lowest BCUT2D eigenvalue weighted by Crippen LogP contribution is -2.32. The minimum atomic E-state index is 0.0131. The van der Waals surface area contributed by atoms with Gasteiger partial charge in [-0.15, -0.1) is 0 Å². The second-order valence-electron chi connectivity index (χ2n) is 5.84. The molecule has 24 heavy (non-hydrogen) atoms. The maximum Gasteiger partial charge on any atom is 0.257 e. The van der Waals surface area contributed by atoms with Crippen LogP contribution in [-0.2, 0) is 4.79 Å². The maximum atomic E-state index is 12.6. The van der Waals surface area contributed by atoms with Crippen molar-refractivity contribution in [1.29, 1.82) is 0 Å². The number of hydrogen-bond acceptors (Lipinski definition) is 6. The molecule has 0 unspecified atom stereocenters. The predicted octanol–water partition coefficient (Wildman–Crippen LogP) is 3.58. The van der Waals surface area contributed by atoms with Crippen molar-refractivity contribution in [3.63, 3.8) is 0 Å². The molecule has 1 amide bonds. The fourth-order valence-electron chi connectivity index (χ4n) is 3.03. The van der Waals surface area contributed by atoms with E-state index in [-0.39, 0.29) is 11.9 Å². The highest BCUT2D eigenvalue weighted by atomic mass is 32.2. The van der Waals surface area contributed by atoms with Gasteiger partial charge in [-0.1, -0.05) is 29.1 Å². The SMILES string of the molecule is Cc1cc([C@@H]2CCCN2C(=O)CSc2nc3ccccc3o2)no1. The first-order chi connectivity index (χ1) is 11.7. The van der Waals surface area contributed by atoms with Crippen LogP contribution >= 0.6 is 11.8 Å². The Morgan fingerprint density at radius 1 is 1.42 bits per heavy atom. The molecular formula is C17H17N3O3S. The Morgan fingerprint density at radius 2 is 2.29 bits per heavy atom. The highest BCUT2D eigenvalue weighted by Gasteiger charge is 2.32. The van der Waals surface area contributed by atoms with Crippen molar-refractivity contribution in [3.8, 4) is 0 Å². The smallest absolute Gasteiger partial charge is 0.257 e. The Hall–Kier alpha value is -2.28. The number of thioether (sulfide) groups is 1. The Kier molecular flexibility index (Phi) is 4.02. The van der Waals surface area contributed by atoms with Gasteiger partial charge in [0.25, 0.3) is 5.22 Å². The standard InChI is InChI=1S/C17H17N3O3S/c1-11-9-13(19-23-11)14-6-4-8-20(14)16(21)10-24-17-18-12-5-2-3-7-15(12)22-17/h2-3,5,7,9,14H,4,6,8,10H2,1H3/t14-/m0/s1. The van der Waals surface area contributed by atoms with Crippen molar-refractivity contribution in [1.82, 2.24) is 15.0 Å². The van der Waals surface area contributed by atoms with E-state index in [0.717, 1.165) is 41.9 Å². The number of hydrogen-bond donors (Lipinski definition) is 0. The molecule has 1 fully saturated rings. The molecular weight excluding hydrogens is 326 g/mol. The van der Waals surface area contributed by atoms with E-state index in [0.29, 0.717) is 11.0 Å². The van der Waals surface area contributed by atoms with Gasteiger partial charge in [0.05, 0.1) is 11.8 Å². The normalized spacial score (nSPS) is 17.7. The minimum absolute atomic E-state index is 0.0131. The largest absolute Gasteiger partial charge is 0.431 e. The molecule has 124 valence electrons. The Balaban J connectivity index is 1.43. The van der Waals surface area contributed by atoms with Gasteiger partial charge in [0.2, 0.25) is 5.91 Å². The van der Waals surface area contributed by atoms with Gasteiger partial charge in [-0.25, -0.2) is 4.98 Å². The predicted molar refractivity (Wildman–Crippen MR) is 89.7 cm³/mol. The van der Waals surface area contributed by atoms with Crippen molar-refractivity contribution < 1.29 is 13.7 Å². The van der Waals surface area contributed by atoms with Crippen LogP contribution < -0.4 is 0 Å². The van der Waals surface area contributed by atoms with Crippen LogP contribution in [0, 0.1) is 6.92 Å². The zero-order valence-corrected chi connectivity index (χ0v) is 14.1. The molecule has 0 N–H and O–H groups in total. The van der Waals surface area contributed by atoms with Gasteiger partial charge in [-0.2, -0.15) is 0 Å². The first kappa shape index (κ1) is 15.3. The van der Waals surface area contributed by atoms with Crippen molar-refractivity contribution in [2.24, 2.45) is 0 Å². The van der Waals surface area contributed by atoms with Gasteiger partial charge in [-0.05, 0) is 31.9 Å². The number of amides is 1. The number of oxazole rings is 1. The zero-order chi connectivity index (χ0) is 16.5. The number of rotatable bonds is 4. The first-order valence-electron chi connectivity index (χ1n) is 7.92. The number of aryl methyl sites for hydroxylation is 1. The first-order valence-corrected chi connectivity index (χ1v) is 8.90. The lowest BCUT2D eigenvalue weighted by Gasteiger charge is -2.22. The Bertz CT molecular complexity index is 840. The molecule has 0 aliphatic carbocycles. The lowest BCUT2D eigenvalue weighted by atomic mass is 10.1. The number of likely N-dealkylation sites (tertiary alicyclic amines) is 1. The summed E-state index contributed by atoms with van der Waals surface area (Å²) in [4.78, 5) is 18.9. The number of para-hydroxylation sites is 2. The average Bonchev–Trinajstić information content (AvgIpc) is 3.30. The number of fused-ring (bicyclic) bond motifs is 1. The van der Waals surface area contributed by atoms with E-state index in [1.807, 2.05) is 42.2 Å². The van der Waals surface area contributed by atoms with E-state index in [4.69, 9.17) is 8.94 Å². The highest BCUT2D eigenvalue weighted by molar-refractivity contribution is 7.99. The summed E-state index contributed by atoms with van der Waals surface area (Å²) >= 11 is 1.33. The molecule has 1 aliphatic rings. The van der Waals surface area contributed by atoms with Crippen LogP contribution in [0.15, 0.2) is 44.5 Å². The number of aromatic nitrogens is 2. The molecule has 1 aromatic carbocycles. The van der Waals surface area contributed by atoms with Crippen LogP contribution in [0.25, 0.3) is 11.1 Å². The molecule has 2 aromatic heterocycles. The molecule has 1 aliphatic heterocycles. The second kappa shape index (κ2) is 6.32. The molecule has 6 nitrogen and oxygen atoms in total. The van der Waals surface area contributed by atoms with Crippen LogP contribution in [0.5, 0.6) is 0 Å². The number of carbonyl (C=O) groups is 1. The maximum absolute atomic E-state index is 12.6. The van der Waals surface area contributed by atoms with E-state index in [1.165, 1.54) is 11.8 Å². The molecule has 3 aromatic rings. The molecule has 4 rings (SSSR count). The van der Waals surface area contributed by atoms with E-state index in [2.05, 4.69) is 10.1 Å². The summed E-state index contributed by atoms with van der Waals surface area (Å²) in [6.07, 6.45) is 1.90. The van der Waals surface area contributed by atoms with Crippen LogP contribution in [-0.4, -0.2) is 33.2 Å². The van der Waals surface area contributed by atoms with Crippen LogP contribution in [0.2, 0.25) is 0 Å². The molecule has 0 saturated carbocycles. The summed E-state index contributed by atoms with van der Waals surface area (Å²) < 4.78 is 10.8. The van der Waals surface area contributed by atoms with E-state index in [9.17, 15) is 4.79 Å². The summed E-state index contributed by atoms with van der Waals surface area (Å²) in [5, 5.41) is 4.60. The number of carbonyl (C=O) groups excluding carboxylic acids is 1.